The molecule has 1 amide bonds. The molecule has 0 aromatic heterocycles. The van der Waals surface area contributed by atoms with Crippen molar-refractivity contribution in [1.82, 2.24) is 4.90 Å². The van der Waals surface area contributed by atoms with E-state index < -0.39 is 6.10 Å². The van der Waals surface area contributed by atoms with E-state index in [0.29, 0.717) is 12.8 Å². The third-order valence-corrected chi connectivity index (χ3v) is 3.55. The molecule has 98 valence electrons. The summed E-state index contributed by atoms with van der Waals surface area (Å²) in [6, 6.07) is 7.84. The molecular weight excluding hydrogens is 226 g/mol. The predicted octanol–water partition coefficient (Wildman–Crippen LogP) is 2.43. The Bertz CT molecular complexity index is 393. The summed E-state index contributed by atoms with van der Waals surface area (Å²) in [4.78, 5) is 13.8. The molecular formula is C15H21NO2. The van der Waals surface area contributed by atoms with Gasteiger partial charge >= 0.3 is 0 Å². The van der Waals surface area contributed by atoms with Crippen LogP contribution < -0.4 is 0 Å². The molecule has 1 aliphatic rings. The lowest BCUT2D eigenvalue weighted by Crippen LogP contribution is -2.27. The zero-order valence-corrected chi connectivity index (χ0v) is 10.9. The van der Waals surface area contributed by atoms with Crippen LogP contribution in [0.15, 0.2) is 24.3 Å². The minimum atomic E-state index is -0.530. The number of aryl methyl sites for hydroxylation is 1. The van der Waals surface area contributed by atoms with Gasteiger partial charge in [-0.2, -0.15) is 0 Å². The monoisotopic (exact) mass is 247 g/mol. The topological polar surface area (TPSA) is 40.5 Å². The van der Waals surface area contributed by atoms with Gasteiger partial charge in [0.15, 0.2) is 0 Å². The molecule has 1 atom stereocenters. The first-order chi connectivity index (χ1) is 8.66. The van der Waals surface area contributed by atoms with Crippen molar-refractivity contribution in [1.29, 1.82) is 0 Å². The normalized spacial score (nSPS) is 16.9. The number of hydrogen-bond acceptors (Lipinski definition) is 2. The number of carbonyl (C=O) groups is 1. The highest BCUT2D eigenvalue weighted by Gasteiger charge is 2.18. The second-order valence-corrected chi connectivity index (χ2v) is 5.05. The second kappa shape index (κ2) is 6.01. The summed E-state index contributed by atoms with van der Waals surface area (Å²) < 4.78 is 0. The number of aliphatic hydroxyl groups is 1. The van der Waals surface area contributed by atoms with E-state index in [4.69, 9.17) is 0 Å². The number of likely N-dealkylation sites (tertiary alicyclic amines) is 1. The summed E-state index contributed by atoms with van der Waals surface area (Å²) >= 11 is 0. The minimum absolute atomic E-state index is 0.179. The van der Waals surface area contributed by atoms with Crippen LogP contribution in [-0.4, -0.2) is 29.0 Å². The van der Waals surface area contributed by atoms with E-state index >= 15 is 0 Å². The Balaban J connectivity index is 1.82. The highest BCUT2D eigenvalue weighted by Crippen LogP contribution is 2.20. The van der Waals surface area contributed by atoms with E-state index in [2.05, 4.69) is 0 Å². The minimum Gasteiger partial charge on any atom is -0.388 e. The molecule has 1 unspecified atom stereocenters. The van der Waals surface area contributed by atoms with Gasteiger partial charge in [0.25, 0.3) is 0 Å². The van der Waals surface area contributed by atoms with Crippen molar-refractivity contribution in [3.05, 3.63) is 35.4 Å². The summed E-state index contributed by atoms with van der Waals surface area (Å²) in [6.45, 7) is 3.80. The van der Waals surface area contributed by atoms with Crippen LogP contribution in [0, 0.1) is 6.92 Å². The van der Waals surface area contributed by atoms with Crippen molar-refractivity contribution in [3.8, 4) is 0 Å². The maximum Gasteiger partial charge on any atom is 0.222 e. The fourth-order valence-corrected chi connectivity index (χ4v) is 2.34. The molecule has 0 aliphatic carbocycles. The van der Waals surface area contributed by atoms with Crippen molar-refractivity contribution in [2.45, 2.75) is 38.7 Å². The van der Waals surface area contributed by atoms with Gasteiger partial charge < -0.3 is 10.0 Å². The standard InChI is InChI=1S/C15H21NO2/c1-12-4-6-13(7-5-12)14(17)8-9-15(18)16-10-2-3-11-16/h4-7,14,17H,2-3,8-11H2,1H3. The van der Waals surface area contributed by atoms with E-state index in [1.807, 2.05) is 36.1 Å². The molecule has 1 fully saturated rings. The Hall–Kier alpha value is -1.35. The van der Waals surface area contributed by atoms with Gasteiger partial charge in [-0.25, -0.2) is 0 Å². The van der Waals surface area contributed by atoms with Gasteiger partial charge in [0.2, 0.25) is 5.91 Å². The van der Waals surface area contributed by atoms with Crippen LogP contribution in [-0.2, 0) is 4.79 Å². The molecule has 0 spiro atoms. The van der Waals surface area contributed by atoms with Gasteiger partial charge in [0, 0.05) is 19.5 Å². The molecule has 0 radical (unpaired) electrons. The van der Waals surface area contributed by atoms with E-state index in [0.717, 1.165) is 31.5 Å². The molecule has 1 saturated heterocycles. The Kier molecular flexibility index (Phi) is 4.37. The Morgan fingerprint density at radius 2 is 1.89 bits per heavy atom. The highest BCUT2D eigenvalue weighted by atomic mass is 16.3. The second-order valence-electron chi connectivity index (χ2n) is 5.05. The van der Waals surface area contributed by atoms with Crippen LogP contribution in [0.4, 0.5) is 0 Å². The number of rotatable bonds is 4. The van der Waals surface area contributed by atoms with Crippen LogP contribution in [0.5, 0.6) is 0 Å². The average Bonchev–Trinajstić information content (AvgIpc) is 2.90. The van der Waals surface area contributed by atoms with Crippen molar-refractivity contribution in [2.24, 2.45) is 0 Å². The van der Waals surface area contributed by atoms with E-state index in [1.54, 1.807) is 0 Å². The average molecular weight is 247 g/mol. The lowest BCUT2D eigenvalue weighted by Gasteiger charge is -2.17. The van der Waals surface area contributed by atoms with Gasteiger partial charge in [0.05, 0.1) is 6.10 Å². The van der Waals surface area contributed by atoms with Crippen LogP contribution in [0.1, 0.15) is 42.9 Å². The SMILES string of the molecule is Cc1ccc(C(O)CCC(=O)N2CCCC2)cc1. The first-order valence-corrected chi connectivity index (χ1v) is 6.69. The largest absolute Gasteiger partial charge is 0.388 e. The van der Waals surface area contributed by atoms with Crippen molar-refractivity contribution >= 4 is 5.91 Å². The molecule has 0 saturated carbocycles. The number of hydrogen-bond donors (Lipinski definition) is 1. The van der Waals surface area contributed by atoms with Gasteiger partial charge in [-0.15, -0.1) is 0 Å². The summed E-state index contributed by atoms with van der Waals surface area (Å²) in [7, 11) is 0. The number of aliphatic hydroxyl groups excluding tert-OH is 1. The van der Waals surface area contributed by atoms with Crippen LogP contribution in [0.25, 0.3) is 0 Å². The third-order valence-electron chi connectivity index (χ3n) is 3.55. The summed E-state index contributed by atoms with van der Waals surface area (Å²) in [6.07, 6.45) is 2.66. The molecule has 2 rings (SSSR count). The van der Waals surface area contributed by atoms with Crippen molar-refractivity contribution in [3.63, 3.8) is 0 Å². The number of nitrogens with zero attached hydrogens (tertiary/aromatic N) is 1. The first-order valence-electron chi connectivity index (χ1n) is 6.69. The maximum absolute atomic E-state index is 11.9. The Morgan fingerprint density at radius 3 is 2.50 bits per heavy atom. The van der Waals surface area contributed by atoms with Gasteiger partial charge in [-0.3, -0.25) is 4.79 Å². The van der Waals surface area contributed by atoms with Crippen LogP contribution in [0.3, 0.4) is 0 Å². The third kappa shape index (κ3) is 3.33. The first kappa shape index (κ1) is 13.1. The quantitative estimate of drug-likeness (QED) is 0.887. The molecule has 1 aliphatic heterocycles. The van der Waals surface area contributed by atoms with Crippen molar-refractivity contribution < 1.29 is 9.90 Å². The van der Waals surface area contributed by atoms with Crippen molar-refractivity contribution in [2.75, 3.05) is 13.1 Å². The van der Waals surface area contributed by atoms with Gasteiger partial charge in [0.1, 0.15) is 0 Å². The van der Waals surface area contributed by atoms with E-state index in [-0.39, 0.29) is 5.91 Å². The molecule has 0 bridgehead atoms. The zero-order chi connectivity index (χ0) is 13.0. The fourth-order valence-electron chi connectivity index (χ4n) is 2.34. The Morgan fingerprint density at radius 1 is 1.28 bits per heavy atom. The lowest BCUT2D eigenvalue weighted by atomic mass is 10.0. The summed E-state index contributed by atoms with van der Waals surface area (Å²) in [5, 5.41) is 10.0. The zero-order valence-electron chi connectivity index (χ0n) is 10.9. The number of benzene rings is 1. The molecule has 1 aromatic rings. The van der Waals surface area contributed by atoms with Gasteiger partial charge in [-0.1, -0.05) is 29.8 Å². The van der Waals surface area contributed by atoms with E-state index in [1.165, 1.54) is 5.56 Å². The number of amides is 1. The molecule has 3 heteroatoms. The van der Waals surface area contributed by atoms with E-state index in [9.17, 15) is 9.90 Å². The molecule has 1 aromatic carbocycles. The fraction of sp³-hybridized carbons (Fsp3) is 0.533. The lowest BCUT2D eigenvalue weighted by molar-refractivity contribution is -0.130. The molecule has 1 N–H and O–H groups in total. The molecule has 18 heavy (non-hydrogen) atoms. The summed E-state index contributed by atoms with van der Waals surface area (Å²) in [5.41, 5.74) is 2.08. The van der Waals surface area contributed by atoms with Crippen LogP contribution >= 0.6 is 0 Å². The molecule has 3 nitrogen and oxygen atoms in total. The maximum atomic E-state index is 11.9. The van der Waals surface area contributed by atoms with Gasteiger partial charge in [-0.05, 0) is 31.7 Å². The Labute approximate surface area is 108 Å². The van der Waals surface area contributed by atoms with Crippen LogP contribution in [0.2, 0.25) is 0 Å². The predicted molar refractivity (Wildman–Crippen MR) is 71.2 cm³/mol. The smallest absolute Gasteiger partial charge is 0.222 e. The number of carbonyl (C=O) groups excluding carboxylic acids is 1. The highest BCUT2D eigenvalue weighted by molar-refractivity contribution is 5.76. The molecule has 1 heterocycles. The summed E-state index contributed by atoms with van der Waals surface area (Å²) in [5.74, 6) is 0.179.